The first kappa shape index (κ1) is 14.0. The number of benzene rings is 1. The molecule has 1 saturated heterocycles. The zero-order valence-electron chi connectivity index (χ0n) is 10.4. The first-order chi connectivity index (χ1) is 9.11. The molecule has 5 heteroatoms. The molecule has 1 heterocycles. The summed E-state index contributed by atoms with van der Waals surface area (Å²) >= 11 is 3.18. The number of piperazine rings is 1. The van der Waals surface area contributed by atoms with Crippen molar-refractivity contribution >= 4 is 21.8 Å². The Hall–Kier alpha value is -1.38. The van der Waals surface area contributed by atoms with Gasteiger partial charge in [-0.3, -0.25) is 9.69 Å². The zero-order valence-corrected chi connectivity index (χ0v) is 12.0. The van der Waals surface area contributed by atoms with Crippen molar-refractivity contribution in [2.75, 3.05) is 32.7 Å². The third kappa shape index (κ3) is 3.34. The average Bonchev–Trinajstić information content (AvgIpc) is 2.39. The van der Waals surface area contributed by atoms with Gasteiger partial charge in [0.05, 0.1) is 12.1 Å². The van der Waals surface area contributed by atoms with Gasteiger partial charge in [0, 0.05) is 30.7 Å². The second kappa shape index (κ2) is 6.18. The van der Waals surface area contributed by atoms with Crippen LogP contribution in [0.3, 0.4) is 0 Å². The van der Waals surface area contributed by atoms with Crippen LogP contribution in [-0.2, 0) is 0 Å². The molecule has 3 nitrogen and oxygen atoms in total. The van der Waals surface area contributed by atoms with Gasteiger partial charge in [-0.05, 0) is 18.2 Å². The number of hydrogen-bond donors (Lipinski definition) is 0. The molecule has 1 amide bonds. The van der Waals surface area contributed by atoms with Crippen molar-refractivity contribution in [2.45, 2.75) is 0 Å². The van der Waals surface area contributed by atoms with Crippen LogP contribution in [0.1, 0.15) is 10.4 Å². The van der Waals surface area contributed by atoms with Crippen molar-refractivity contribution in [3.8, 4) is 12.3 Å². The van der Waals surface area contributed by atoms with Gasteiger partial charge in [0.2, 0.25) is 0 Å². The minimum Gasteiger partial charge on any atom is -0.336 e. The van der Waals surface area contributed by atoms with Crippen molar-refractivity contribution in [1.82, 2.24) is 9.80 Å². The largest absolute Gasteiger partial charge is 0.336 e. The van der Waals surface area contributed by atoms with E-state index in [9.17, 15) is 9.18 Å². The van der Waals surface area contributed by atoms with Crippen molar-refractivity contribution in [3.05, 3.63) is 34.1 Å². The second-order valence-electron chi connectivity index (χ2n) is 4.40. The van der Waals surface area contributed by atoms with E-state index in [-0.39, 0.29) is 11.5 Å². The number of hydrogen-bond acceptors (Lipinski definition) is 2. The molecule has 0 bridgehead atoms. The second-order valence-corrected chi connectivity index (χ2v) is 5.31. The maximum Gasteiger partial charge on any atom is 0.256 e. The molecule has 1 aromatic carbocycles. The standard InChI is InChI=1S/C14H14BrFN2O/c1-2-5-17-6-8-18(9-7-17)14(19)12-4-3-11(15)10-13(12)16/h1,3-4,10H,5-9H2. The topological polar surface area (TPSA) is 23.6 Å². The van der Waals surface area contributed by atoms with E-state index in [0.29, 0.717) is 24.1 Å². The van der Waals surface area contributed by atoms with Crippen LogP contribution in [0.25, 0.3) is 0 Å². The number of carbonyl (C=O) groups excluding carboxylic acids is 1. The van der Waals surface area contributed by atoms with Gasteiger partial charge in [0.1, 0.15) is 5.82 Å². The average molecular weight is 325 g/mol. The first-order valence-electron chi connectivity index (χ1n) is 6.02. The maximum atomic E-state index is 13.7. The molecule has 2 rings (SSSR count). The Morgan fingerprint density at radius 2 is 2.05 bits per heavy atom. The quantitative estimate of drug-likeness (QED) is 0.777. The fraction of sp³-hybridized carbons (Fsp3) is 0.357. The van der Waals surface area contributed by atoms with Gasteiger partial charge in [0.25, 0.3) is 5.91 Å². The molecule has 1 fully saturated rings. The van der Waals surface area contributed by atoms with E-state index in [1.807, 2.05) is 0 Å². The third-order valence-electron chi connectivity index (χ3n) is 3.14. The molecule has 0 saturated carbocycles. The molecule has 0 radical (unpaired) electrons. The Labute approximate surface area is 120 Å². The van der Waals surface area contributed by atoms with E-state index in [1.165, 1.54) is 12.1 Å². The lowest BCUT2D eigenvalue weighted by atomic mass is 10.1. The molecule has 0 aliphatic carbocycles. The number of rotatable bonds is 2. The number of nitrogens with zero attached hydrogens (tertiary/aromatic N) is 2. The lowest BCUT2D eigenvalue weighted by molar-refractivity contribution is 0.0647. The summed E-state index contributed by atoms with van der Waals surface area (Å²) in [7, 11) is 0. The Morgan fingerprint density at radius 1 is 1.37 bits per heavy atom. The fourth-order valence-corrected chi connectivity index (χ4v) is 2.40. The Kier molecular flexibility index (Phi) is 4.56. The summed E-state index contributed by atoms with van der Waals surface area (Å²) in [6.45, 7) is 3.21. The highest BCUT2D eigenvalue weighted by Crippen LogP contribution is 2.17. The van der Waals surface area contributed by atoms with Crippen LogP contribution in [0, 0.1) is 18.2 Å². The number of halogens is 2. The normalized spacial score (nSPS) is 16.2. The van der Waals surface area contributed by atoms with Crippen molar-refractivity contribution in [3.63, 3.8) is 0 Å². The lowest BCUT2D eigenvalue weighted by Crippen LogP contribution is -2.48. The minimum atomic E-state index is -0.495. The van der Waals surface area contributed by atoms with E-state index < -0.39 is 5.82 Å². The van der Waals surface area contributed by atoms with E-state index in [1.54, 1.807) is 11.0 Å². The molecule has 0 spiro atoms. The highest BCUT2D eigenvalue weighted by Gasteiger charge is 2.23. The van der Waals surface area contributed by atoms with E-state index >= 15 is 0 Å². The Bertz CT molecular complexity index is 519. The molecule has 1 aliphatic rings. The smallest absolute Gasteiger partial charge is 0.256 e. The van der Waals surface area contributed by atoms with Gasteiger partial charge in [-0.2, -0.15) is 0 Å². The van der Waals surface area contributed by atoms with Crippen LogP contribution in [0.15, 0.2) is 22.7 Å². The molecular weight excluding hydrogens is 311 g/mol. The molecule has 0 N–H and O–H groups in total. The molecule has 1 aliphatic heterocycles. The van der Waals surface area contributed by atoms with Gasteiger partial charge < -0.3 is 4.90 Å². The summed E-state index contributed by atoms with van der Waals surface area (Å²) in [4.78, 5) is 16.0. The van der Waals surface area contributed by atoms with Crippen LogP contribution in [0.5, 0.6) is 0 Å². The minimum absolute atomic E-state index is 0.119. The number of terminal acetylenes is 1. The molecule has 19 heavy (non-hydrogen) atoms. The van der Waals surface area contributed by atoms with Crippen LogP contribution in [0.2, 0.25) is 0 Å². The van der Waals surface area contributed by atoms with Gasteiger partial charge in [-0.1, -0.05) is 21.9 Å². The van der Waals surface area contributed by atoms with Gasteiger partial charge in [0.15, 0.2) is 0 Å². The van der Waals surface area contributed by atoms with Crippen molar-refractivity contribution in [1.29, 1.82) is 0 Å². The van der Waals surface area contributed by atoms with Crippen LogP contribution < -0.4 is 0 Å². The number of amides is 1. The summed E-state index contributed by atoms with van der Waals surface area (Å²) in [5.41, 5.74) is 0.119. The van der Waals surface area contributed by atoms with Gasteiger partial charge >= 0.3 is 0 Å². The van der Waals surface area contributed by atoms with Crippen LogP contribution >= 0.6 is 15.9 Å². The molecule has 0 atom stereocenters. The first-order valence-corrected chi connectivity index (χ1v) is 6.81. The predicted octanol–water partition coefficient (Wildman–Crippen LogP) is 1.98. The lowest BCUT2D eigenvalue weighted by Gasteiger charge is -2.33. The monoisotopic (exact) mass is 324 g/mol. The van der Waals surface area contributed by atoms with Crippen molar-refractivity contribution < 1.29 is 9.18 Å². The summed E-state index contributed by atoms with van der Waals surface area (Å²) in [5.74, 6) is 1.83. The highest BCUT2D eigenvalue weighted by molar-refractivity contribution is 9.10. The SMILES string of the molecule is C#CCN1CCN(C(=O)c2ccc(Br)cc2F)CC1. The summed E-state index contributed by atoms with van der Waals surface area (Å²) < 4.78 is 14.4. The third-order valence-corrected chi connectivity index (χ3v) is 3.63. The molecular formula is C14H14BrFN2O. The predicted molar refractivity (Wildman–Crippen MR) is 75.3 cm³/mol. The zero-order chi connectivity index (χ0) is 13.8. The van der Waals surface area contributed by atoms with Gasteiger partial charge in [-0.25, -0.2) is 4.39 Å². The molecule has 0 aromatic heterocycles. The Morgan fingerprint density at radius 3 is 2.63 bits per heavy atom. The van der Waals surface area contributed by atoms with Crippen LogP contribution in [0.4, 0.5) is 4.39 Å². The fourth-order valence-electron chi connectivity index (χ4n) is 2.07. The van der Waals surface area contributed by atoms with E-state index in [2.05, 4.69) is 26.8 Å². The van der Waals surface area contributed by atoms with Gasteiger partial charge in [-0.15, -0.1) is 6.42 Å². The maximum absolute atomic E-state index is 13.7. The van der Waals surface area contributed by atoms with E-state index in [4.69, 9.17) is 6.42 Å². The summed E-state index contributed by atoms with van der Waals surface area (Å²) in [5, 5.41) is 0. The molecule has 1 aromatic rings. The van der Waals surface area contributed by atoms with E-state index in [0.717, 1.165) is 13.1 Å². The summed E-state index contributed by atoms with van der Waals surface area (Å²) in [6.07, 6.45) is 5.25. The molecule has 100 valence electrons. The number of carbonyl (C=O) groups is 1. The highest BCUT2D eigenvalue weighted by atomic mass is 79.9. The van der Waals surface area contributed by atoms with Crippen LogP contribution in [-0.4, -0.2) is 48.4 Å². The molecule has 0 unspecified atom stereocenters. The Balaban J connectivity index is 2.03. The van der Waals surface area contributed by atoms with Crippen molar-refractivity contribution in [2.24, 2.45) is 0 Å². The summed E-state index contributed by atoms with van der Waals surface area (Å²) in [6, 6.07) is 4.49.